The highest BCUT2D eigenvalue weighted by Crippen LogP contribution is 2.06. The van der Waals surface area contributed by atoms with E-state index < -0.39 is 5.97 Å². The lowest BCUT2D eigenvalue weighted by atomic mass is 10.3. The van der Waals surface area contributed by atoms with E-state index in [1.807, 2.05) is 0 Å². The van der Waals surface area contributed by atoms with Crippen molar-refractivity contribution in [3.8, 4) is 0 Å². The summed E-state index contributed by atoms with van der Waals surface area (Å²) in [6, 6.07) is 3.04. The number of hydrogen-bond donors (Lipinski definition) is 3. The van der Waals surface area contributed by atoms with E-state index in [9.17, 15) is 9.59 Å². The third-order valence-corrected chi connectivity index (χ3v) is 2.76. The van der Waals surface area contributed by atoms with E-state index in [1.165, 1.54) is 12.3 Å². The van der Waals surface area contributed by atoms with Gasteiger partial charge in [-0.1, -0.05) is 11.3 Å². The number of carbonyl (C=O) groups is 1. The van der Waals surface area contributed by atoms with Gasteiger partial charge in [-0.25, -0.2) is 9.78 Å². The molecule has 88 valence electrons. The Morgan fingerprint density at radius 3 is 2.88 bits per heavy atom. The second kappa shape index (κ2) is 4.79. The number of aromatic carboxylic acids is 1. The Morgan fingerprint density at radius 1 is 1.53 bits per heavy atom. The van der Waals surface area contributed by atoms with Gasteiger partial charge in [0, 0.05) is 17.3 Å². The van der Waals surface area contributed by atoms with Crippen molar-refractivity contribution in [2.24, 2.45) is 0 Å². The van der Waals surface area contributed by atoms with Gasteiger partial charge in [-0.15, -0.1) is 0 Å². The van der Waals surface area contributed by atoms with Crippen LogP contribution in [0.15, 0.2) is 28.5 Å². The molecule has 0 saturated heterocycles. The molecule has 0 aliphatic heterocycles. The number of hydrogen-bond acceptors (Lipinski definition) is 5. The first-order valence-corrected chi connectivity index (χ1v) is 5.63. The molecule has 6 nitrogen and oxygen atoms in total. The van der Waals surface area contributed by atoms with Crippen molar-refractivity contribution in [3.63, 3.8) is 0 Å². The second-order valence-corrected chi connectivity index (χ2v) is 4.11. The molecule has 0 radical (unpaired) electrons. The van der Waals surface area contributed by atoms with Gasteiger partial charge in [0.05, 0.1) is 12.1 Å². The lowest BCUT2D eigenvalue weighted by Gasteiger charge is -2.03. The second-order valence-electron chi connectivity index (χ2n) is 3.26. The molecule has 0 fully saturated rings. The Morgan fingerprint density at radius 2 is 2.35 bits per heavy atom. The number of nitrogens with zero attached hydrogens (tertiary/aromatic N) is 1. The maximum Gasteiger partial charge on any atom is 0.337 e. The summed E-state index contributed by atoms with van der Waals surface area (Å²) in [5.74, 6) is -0.451. The Balaban J connectivity index is 2.00. The maximum atomic E-state index is 10.9. The number of rotatable bonds is 4. The van der Waals surface area contributed by atoms with Crippen LogP contribution in [0.3, 0.4) is 0 Å². The zero-order valence-corrected chi connectivity index (χ0v) is 9.45. The minimum Gasteiger partial charge on any atom is -0.478 e. The Kier molecular flexibility index (Phi) is 3.20. The predicted octanol–water partition coefficient (Wildman–Crippen LogP) is 1.14. The summed E-state index contributed by atoms with van der Waals surface area (Å²) in [6.07, 6.45) is 1.28. The highest BCUT2D eigenvalue weighted by molar-refractivity contribution is 7.07. The molecule has 0 aliphatic carbocycles. The Bertz CT molecular complexity index is 573. The molecule has 7 heteroatoms. The lowest BCUT2D eigenvalue weighted by molar-refractivity contribution is 0.0696. The number of anilines is 1. The number of aromatic nitrogens is 2. The summed E-state index contributed by atoms with van der Waals surface area (Å²) < 4.78 is 0. The van der Waals surface area contributed by atoms with E-state index in [-0.39, 0.29) is 10.4 Å². The van der Waals surface area contributed by atoms with Crippen molar-refractivity contribution in [1.29, 1.82) is 0 Å². The van der Waals surface area contributed by atoms with Crippen LogP contribution in [-0.4, -0.2) is 21.0 Å². The average molecular weight is 251 g/mol. The quantitative estimate of drug-likeness (QED) is 0.757. The topological polar surface area (TPSA) is 95.1 Å². The number of pyridine rings is 1. The van der Waals surface area contributed by atoms with E-state index in [2.05, 4.69) is 15.3 Å². The number of nitrogens with one attached hydrogen (secondary N) is 2. The summed E-state index contributed by atoms with van der Waals surface area (Å²) in [7, 11) is 0. The molecule has 0 unspecified atom stereocenters. The van der Waals surface area contributed by atoms with Crippen LogP contribution in [0.5, 0.6) is 0 Å². The smallest absolute Gasteiger partial charge is 0.337 e. The lowest BCUT2D eigenvalue weighted by Crippen LogP contribution is -2.05. The van der Waals surface area contributed by atoms with E-state index in [1.54, 1.807) is 11.4 Å². The molecule has 2 aromatic rings. The van der Waals surface area contributed by atoms with Crippen LogP contribution in [0.4, 0.5) is 5.82 Å². The van der Waals surface area contributed by atoms with Gasteiger partial charge in [0.25, 0.3) is 0 Å². The number of aromatic amines is 1. The molecule has 2 heterocycles. The van der Waals surface area contributed by atoms with Gasteiger partial charge in [-0.2, -0.15) is 0 Å². The van der Waals surface area contributed by atoms with Crippen LogP contribution in [0.2, 0.25) is 0 Å². The maximum absolute atomic E-state index is 10.9. The van der Waals surface area contributed by atoms with Gasteiger partial charge < -0.3 is 15.4 Å². The van der Waals surface area contributed by atoms with Crippen molar-refractivity contribution in [1.82, 2.24) is 9.97 Å². The van der Waals surface area contributed by atoms with Crippen LogP contribution in [0.25, 0.3) is 0 Å². The molecule has 0 saturated carbocycles. The standard InChI is InChI=1S/C10H9N3O3S/c14-9(15)6-1-2-8(11-3-6)12-4-7-5-17-10(16)13-7/h1-3,5H,4H2,(H,11,12)(H,13,16)(H,14,15). The molecule has 17 heavy (non-hydrogen) atoms. The summed E-state index contributed by atoms with van der Waals surface area (Å²) in [4.78, 5) is 28.0. The molecule has 0 aliphatic rings. The van der Waals surface area contributed by atoms with Crippen LogP contribution in [-0.2, 0) is 6.54 Å². The van der Waals surface area contributed by atoms with E-state index in [0.717, 1.165) is 17.0 Å². The van der Waals surface area contributed by atoms with Crippen molar-refractivity contribution in [3.05, 3.63) is 44.6 Å². The van der Waals surface area contributed by atoms with Crippen LogP contribution in [0.1, 0.15) is 16.1 Å². The van der Waals surface area contributed by atoms with Crippen LogP contribution >= 0.6 is 11.3 Å². The van der Waals surface area contributed by atoms with Gasteiger partial charge in [-0.3, -0.25) is 4.79 Å². The largest absolute Gasteiger partial charge is 0.478 e. The van der Waals surface area contributed by atoms with Crippen molar-refractivity contribution in [2.45, 2.75) is 6.54 Å². The minimum absolute atomic E-state index is 0.101. The van der Waals surface area contributed by atoms with Crippen LogP contribution < -0.4 is 10.2 Å². The van der Waals surface area contributed by atoms with Gasteiger partial charge >= 0.3 is 10.8 Å². The summed E-state index contributed by atoms with van der Waals surface area (Å²) in [5, 5.41) is 13.4. The van der Waals surface area contributed by atoms with Crippen molar-refractivity contribution < 1.29 is 9.90 Å². The fourth-order valence-electron chi connectivity index (χ4n) is 1.21. The fraction of sp³-hybridized carbons (Fsp3) is 0.100. The monoisotopic (exact) mass is 251 g/mol. The summed E-state index contributed by atoms with van der Waals surface area (Å²) >= 11 is 1.10. The van der Waals surface area contributed by atoms with Crippen LogP contribution in [0, 0.1) is 0 Å². The zero-order valence-electron chi connectivity index (χ0n) is 8.64. The number of carboxylic acid groups (broad SMARTS) is 1. The van der Waals surface area contributed by atoms with E-state index >= 15 is 0 Å². The first-order chi connectivity index (χ1) is 8.15. The number of carboxylic acids is 1. The van der Waals surface area contributed by atoms with E-state index in [0.29, 0.717) is 12.4 Å². The van der Waals surface area contributed by atoms with Gasteiger partial charge in [0.1, 0.15) is 5.82 Å². The highest BCUT2D eigenvalue weighted by Gasteiger charge is 2.03. The summed E-state index contributed by atoms with van der Waals surface area (Å²) in [6.45, 7) is 0.443. The van der Waals surface area contributed by atoms with Gasteiger partial charge in [-0.05, 0) is 12.1 Å². The number of thiazole rings is 1. The normalized spacial score (nSPS) is 10.1. The zero-order chi connectivity index (χ0) is 12.3. The molecule has 0 amide bonds. The Hall–Kier alpha value is -2.15. The highest BCUT2D eigenvalue weighted by atomic mass is 32.1. The molecule has 0 aromatic carbocycles. The SMILES string of the molecule is O=C(O)c1ccc(NCc2csc(=O)[nH]2)nc1. The molecule has 3 N–H and O–H groups in total. The fourth-order valence-corrected chi connectivity index (χ4v) is 1.79. The Labute approximate surface area is 100.0 Å². The first-order valence-electron chi connectivity index (χ1n) is 4.75. The molecule has 0 atom stereocenters. The van der Waals surface area contributed by atoms with Gasteiger partial charge in [0.15, 0.2) is 0 Å². The average Bonchev–Trinajstić information content (AvgIpc) is 2.73. The molecule has 2 aromatic heterocycles. The molecular formula is C10H9N3O3S. The number of H-pyrrole nitrogens is 1. The third-order valence-electron chi connectivity index (χ3n) is 2.04. The van der Waals surface area contributed by atoms with Crippen molar-refractivity contribution in [2.75, 3.05) is 5.32 Å². The molecule has 0 spiro atoms. The summed E-state index contributed by atoms with van der Waals surface area (Å²) in [5.41, 5.74) is 0.906. The molecule has 2 rings (SSSR count). The van der Waals surface area contributed by atoms with Crippen molar-refractivity contribution >= 4 is 23.1 Å². The molecular weight excluding hydrogens is 242 g/mol. The molecule has 0 bridgehead atoms. The van der Waals surface area contributed by atoms with E-state index in [4.69, 9.17) is 5.11 Å². The third kappa shape index (κ3) is 2.91. The van der Waals surface area contributed by atoms with Gasteiger partial charge in [0.2, 0.25) is 0 Å². The minimum atomic E-state index is -1.01. The first kappa shape index (κ1) is 11.3. The predicted molar refractivity (Wildman–Crippen MR) is 63.5 cm³/mol.